The summed E-state index contributed by atoms with van der Waals surface area (Å²) >= 11 is 1.15. The maximum Gasteiger partial charge on any atom is 0.355 e. The first kappa shape index (κ1) is 48.2. The second kappa shape index (κ2) is 21.9. The number of hydrogen-bond acceptors (Lipinski definition) is 12. The monoisotopic (exact) mass is 982 g/mol. The minimum atomic E-state index is -1.04. The molecule has 2 N–H and O–H groups in total. The highest BCUT2D eigenvalue weighted by Gasteiger charge is 2.27. The summed E-state index contributed by atoms with van der Waals surface area (Å²) in [4.78, 5) is 28.9. The topological polar surface area (TPSA) is 165 Å². The molecule has 3 heterocycles. The lowest BCUT2D eigenvalue weighted by molar-refractivity contribution is 0.0521. The number of carboxylic acid groups (broad SMARTS) is 1. The van der Waals surface area contributed by atoms with Crippen LogP contribution in [0.4, 0.5) is 0 Å². The van der Waals surface area contributed by atoms with Crippen molar-refractivity contribution in [2.75, 3.05) is 35.0 Å². The number of esters is 1. The van der Waals surface area contributed by atoms with Crippen LogP contribution in [0.2, 0.25) is 0 Å². The fourth-order valence-corrected chi connectivity index (χ4v) is 9.05. The van der Waals surface area contributed by atoms with E-state index in [1.165, 1.54) is 0 Å². The van der Waals surface area contributed by atoms with Crippen molar-refractivity contribution in [1.82, 2.24) is 18.3 Å². The van der Waals surface area contributed by atoms with E-state index in [9.17, 15) is 14.7 Å². The van der Waals surface area contributed by atoms with Crippen LogP contribution in [0.3, 0.4) is 0 Å². The Morgan fingerprint density at radius 3 is 1.69 bits per heavy atom. The van der Waals surface area contributed by atoms with E-state index in [1.807, 2.05) is 156 Å². The van der Waals surface area contributed by atoms with Gasteiger partial charge in [-0.25, -0.2) is 9.59 Å². The lowest BCUT2D eigenvalue weighted by atomic mass is 10.0. The number of nitrogens with zero attached hydrogens (tertiary/aromatic N) is 3. The van der Waals surface area contributed by atoms with Crippen LogP contribution >= 0.6 is 11.7 Å². The zero-order valence-electron chi connectivity index (χ0n) is 40.1. The molecule has 0 saturated carbocycles. The van der Waals surface area contributed by atoms with Crippen LogP contribution in [0.5, 0.6) is 34.5 Å². The Bertz CT molecular complexity index is 3500. The molecule has 72 heavy (non-hydrogen) atoms. The first-order chi connectivity index (χ1) is 35.2. The summed E-state index contributed by atoms with van der Waals surface area (Å²) in [7, 11) is 6.39. The number of rotatable bonds is 17. The van der Waals surface area contributed by atoms with Gasteiger partial charge in [-0.1, -0.05) is 91.0 Å². The van der Waals surface area contributed by atoms with Gasteiger partial charge in [0.25, 0.3) is 0 Å². The molecule has 364 valence electrons. The van der Waals surface area contributed by atoms with E-state index < -0.39 is 11.9 Å². The number of carbonyl (C=O) groups is 2. The number of H-pyrrole nitrogens is 1. The minimum absolute atomic E-state index is 0.166. The third kappa shape index (κ3) is 10.2. The lowest BCUT2D eigenvalue weighted by Crippen LogP contribution is -2.10. The predicted molar refractivity (Wildman–Crippen MR) is 278 cm³/mol. The van der Waals surface area contributed by atoms with Gasteiger partial charge in [0.05, 0.1) is 57.8 Å². The Hall–Kier alpha value is -8.82. The van der Waals surface area contributed by atoms with Crippen molar-refractivity contribution in [2.24, 2.45) is 0 Å². The van der Waals surface area contributed by atoms with Gasteiger partial charge < -0.3 is 47.8 Å². The lowest BCUT2D eigenvalue weighted by Gasteiger charge is -2.13. The summed E-state index contributed by atoms with van der Waals surface area (Å²) in [5.74, 6) is 2.17. The van der Waals surface area contributed by atoms with E-state index in [2.05, 4.69) is 13.7 Å². The molecule has 0 spiro atoms. The number of ether oxygens (including phenoxy) is 7. The number of methoxy groups -OCH3 is 4. The van der Waals surface area contributed by atoms with Gasteiger partial charge in [0.15, 0.2) is 23.0 Å². The number of aromatic amines is 1. The van der Waals surface area contributed by atoms with E-state index in [-0.39, 0.29) is 12.3 Å². The van der Waals surface area contributed by atoms with Gasteiger partial charge in [-0.3, -0.25) is 0 Å². The predicted octanol–water partition coefficient (Wildman–Crippen LogP) is 12.3. The van der Waals surface area contributed by atoms with Crippen molar-refractivity contribution < 1.29 is 47.9 Å². The van der Waals surface area contributed by atoms with Crippen molar-refractivity contribution in [3.8, 4) is 56.8 Å². The summed E-state index contributed by atoms with van der Waals surface area (Å²) in [6, 6.07) is 47.9. The summed E-state index contributed by atoms with van der Waals surface area (Å²) < 4.78 is 49.9. The van der Waals surface area contributed by atoms with Gasteiger partial charge in [-0.2, -0.15) is 8.75 Å². The molecule has 0 radical (unpaired) electrons. The quantitative estimate of drug-likeness (QED) is 0.0831. The van der Waals surface area contributed by atoms with E-state index in [0.29, 0.717) is 65.3 Å². The Morgan fingerprint density at radius 1 is 0.583 bits per heavy atom. The second-order valence-corrected chi connectivity index (χ2v) is 16.9. The van der Waals surface area contributed by atoms with Crippen LogP contribution in [-0.4, -0.2) is 70.4 Å². The normalized spacial score (nSPS) is 11.0. The molecular weight excluding hydrogens is 933 g/mol. The van der Waals surface area contributed by atoms with Crippen LogP contribution in [-0.2, 0) is 24.5 Å². The molecule has 0 fully saturated rings. The minimum Gasteiger partial charge on any atom is -0.497 e. The molecule has 14 nitrogen and oxygen atoms in total. The van der Waals surface area contributed by atoms with Gasteiger partial charge in [-0.05, 0) is 83.3 Å². The fourth-order valence-electron chi connectivity index (χ4n) is 8.53. The molecule has 10 aromatic rings. The molecular formula is C57H50N4O10S. The summed E-state index contributed by atoms with van der Waals surface area (Å²) in [6.45, 7) is 3.12. The van der Waals surface area contributed by atoms with Gasteiger partial charge in [0.2, 0.25) is 0 Å². The summed E-state index contributed by atoms with van der Waals surface area (Å²) in [5, 5.41) is 12.1. The Balaban J connectivity index is 0.000000182. The highest BCUT2D eigenvalue weighted by atomic mass is 32.1. The highest BCUT2D eigenvalue weighted by Crippen LogP contribution is 2.43. The Labute approximate surface area is 419 Å². The van der Waals surface area contributed by atoms with Crippen LogP contribution < -0.4 is 28.4 Å². The Morgan fingerprint density at radius 2 is 1.14 bits per heavy atom. The second-order valence-electron chi connectivity index (χ2n) is 16.4. The smallest absolute Gasteiger partial charge is 0.355 e. The zero-order valence-corrected chi connectivity index (χ0v) is 41.0. The molecule has 0 aliphatic carbocycles. The molecule has 0 amide bonds. The van der Waals surface area contributed by atoms with Crippen molar-refractivity contribution in [1.29, 1.82) is 0 Å². The molecule has 0 aliphatic rings. The number of benzene rings is 7. The van der Waals surface area contributed by atoms with Crippen LogP contribution in [0, 0.1) is 0 Å². The number of nitrogens with one attached hydrogen (secondary N) is 1. The number of carbonyl (C=O) groups excluding carboxylic acids is 1. The van der Waals surface area contributed by atoms with Gasteiger partial charge in [0.1, 0.15) is 47.1 Å². The number of aromatic nitrogens is 4. The van der Waals surface area contributed by atoms with Crippen molar-refractivity contribution in [3.63, 3.8) is 0 Å². The van der Waals surface area contributed by atoms with Crippen molar-refractivity contribution in [2.45, 2.75) is 26.7 Å². The molecule has 0 saturated heterocycles. The van der Waals surface area contributed by atoms with Gasteiger partial charge >= 0.3 is 11.9 Å². The van der Waals surface area contributed by atoms with Gasteiger partial charge in [-0.15, -0.1) is 0 Å². The molecule has 0 bridgehead atoms. The van der Waals surface area contributed by atoms with Gasteiger partial charge in [0, 0.05) is 40.6 Å². The highest BCUT2D eigenvalue weighted by molar-refractivity contribution is 7.00. The SMILES string of the molecule is CCOC(=O)c1[nH]c2cc(OCc3ccccc3)c(OC)cc2c1-c1ccc(OC)cc1.COc1ccc(-c2c(C(=O)O)n(Cc3ccc4nsnc4c3)c3cc(OCc4ccccc4)c(OC)cc23)cc1. The third-order valence-corrected chi connectivity index (χ3v) is 12.6. The van der Waals surface area contributed by atoms with E-state index in [4.69, 9.17) is 33.2 Å². The Kier molecular flexibility index (Phi) is 14.6. The fraction of sp³-hybridized carbons (Fsp3) is 0.158. The van der Waals surface area contributed by atoms with Crippen molar-refractivity contribution >= 4 is 56.5 Å². The first-order valence-corrected chi connectivity index (χ1v) is 23.6. The third-order valence-electron chi connectivity index (χ3n) is 12.0. The molecule has 0 unspecified atom stereocenters. The number of carboxylic acids is 1. The zero-order chi connectivity index (χ0) is 50.1. The molecule has 15 heteroatoms. The maximum atomic E-state index is 12.9. The van der Waals surface area contributed by atoms with E-state index >= 15 is 0 Å². The van der Waals surface area contributed by atoms with Crippen LogP contribution in [0.25, 0.3) is 55.1 Å². The standard InChI is InChI=1S/C31H25N3O5S.C26H25NO5/c1-37-22-11-9-21(10-12-22)29-23-15-27(38-2)28(39-18-19-6-4-3-5-7-19)16-26(23)34(30(29)31(35)36)17-20-8-13-24-25(14-20)33-40-32-24;1-4-31-26(28)25-24(18-10-12-19(29-2)13-11-18)20-14-22(30-3)23(15-21(20)27-25)32-16-17-8-6-5-7-9-17/h3-16H,17-18H2,1-2H3,(H,35,36);5-15,27H,4,16H2,1-3H3. The number of fused-ring (bicyclic) bond motifs is 3. The number of aromatic carboxylic acids is 1. The van der Waals surface area contributed by atoms with E-state index in [1.54, 1.807) is 35.4 Å². The average Bonchev–Trinajstić information content (AvgIpc) is 4.14. The molecule has 0 aliphatic heterocycles. The molecule has 10 rings (SSSR count). The largest absolute Gasteiger partial charge is 0.497 e. The average molecular weight is 983 g/mol. The summed E-state index contributed by atoms with van der Waals surface area (Å²) in [6.07, 6.45) is 0. The number of hydrogen-bond donors (Lipinski definition) is 2. The van der Waals surface area contributed by atoms with Crippen LogP contribution in [0.1, 0.15) is 44.6 Å². The van der Waals surface area contributed by atoms with E-state index in [0.717, 1.165) is 78.2 Å². The van der Waals surface area contributed by atoms with Crippen molar-refractivity contribution in [3.05, 3.63) is 180 Å². The summed E-state index contributed by atoms with van der Waals surface area (Å²) in [5.41, 5.74) is 9.51. The maximum absolute atomic E-state index is 12.9. The first-order valence-electron chi connectivity index (χ1n) is 22.9. The van der Waals surface area contributed by atoms with Crippen LogP contribution in [0.15, 0.2) is 152 Å². The molecule has 3 aromatic heterocycles. The molecule has 0 atom stereocenters. The molecule has 7 aromatic carbocycles.